The van der Waals surface area contributed by atoms with Crippen LogP contribution in [0.4, 0.5) is 4.79 Å². The maximum atomic E-state index is 12.3. The Morgan fingerprint density at radius 1 is 1.40 bits per heavy atom. The zero-order valence-electron chi connectivity index (χ0n) is 12.6. The van der Waals surface area contributed by atoms with Gasteiger partial charge in [0.05, 0.1) is 6.61 Å². The molecule has 20 heavy (non-hydrogen) atoms. The minimum Gasteiger partial charge on any atom is -0.481 e. The smallest absolute Gasteiger partial charge is 0.317 e. The van der Waals surface area contributed by atoms with Gasteiger partial charge in [0.2, 0.25) is 0 Å². The van der Waals surface area contributed by atoms with Gasteiger partial charge in [-0.2, -0.15) is 0 Å². The number of carboxylic acids is 1. The highest BCUT2D eigenvalue weighted by molar-refractivity contribution is 5.75. The van der Waals surface area contributed by atoms with Crippen LogP contribution in [0.3, 0.4) is 0 Å². The van der Waals surface area contributed by atoms with Crippen LogP contribution in [0.25, 0.3) is 0 Å². The fraction of sp³-hybridized carbons (Fsp3) is 0.857. The van der Waals surface area contributed by atoms with Crippen LogP contribution in [0.5, 0.6) is 0 Å². The second-order valence-corrected chi connectivity index (χ2v) is 5.65. The molecule has 0 spiro atoms. The van der Waals surface area contributed by atoms with E-state index in [4.69, 9.17) is 9.84 Å². The van der Waals surface area contributed by atoms with E-state index in [9.17, 15) is 9.59 Å². The molecule has 0 aromatic heterocycles. The number of carbonyl (C=O) groups excluding carboxylic acids is 1. The number of hydrogen-bond donors (Lipinski definition) is 2. The number of nitrogens with one attached hydrogen (secondary N) is 1. The molecule has 0 aliphatic carbocycles. The summed E-state index contributed by atoms with van der Waals surface area (Å²) < 4.78 is 5.33. The van der Waals surface area contributed by atoms with E-state index in [0.29, 0.717) is 25.5 Å². The Bertz CT molecular complexity index is 327. The molecule has 2 amide bonds. The molecular formula is C14H26N2O4. The van der Waals surface area contributed by atoms with Gasteiger partial charge in [-0.25, -0.2) is 4.79 Å². The van der Waals surface area contributed by atoms with Crippen molar-refractivity contribution in [3.8, 4) is 0 Å². The average molecular weight is 286 g/mol. The third-order valence-electron chi connectivity index (χ3n) is 3.70. The van der Waals surface area contributed by atoms with Crippen LogP contribution < -0.4 is 5.32 Å². The minimum atomic E-state index is -0.828. The van der Waals surface area contributed by atoms with E-state index >= 15 is 0 Å². The van der Waals surface area contributed by atoms with Crippen LogP contribution in [0.15, 0.2) is 0 Å². The molecule has 0 saturated carbocycles. The molecular weight excluding hydrogens is 260 g/mol. The third-order valence-corrected chi connectivity index (χ3v) is 3.70. The summed E-state index contributed by atoms with van der Waals surface area (Å²) in [6.07, 6.45) is 1.53. The Hall–Kier alpha value is -1.30. The van der Waals surface area contributed by atoms with E-state index in [0.717, 1.165) is 13.0 Å². The zero-order valence-corrected chi connectivity index (χ0v) is 12.6. The van der Waals surface area contributed by atoms with E-state index in [1.807, 2.05) is 20.8 Å². The van der Waals surface area contributed by atoms with Gasteiger partial charge in [0.1, 0.15) is 0 Å². The van der Waals surface area contributed by atoms with Gasteiger partial charge in [-0.15, -0.1) is 0 Å². The first-order valence-electron chi connectivity index (χ1n) is 7.28. The fourth-order valence-electron chi connectivity index (χ4n) is 2.34. The normalized spacial score (nSPS) is 19.9. The quantitative estimate of drug-likeness (QED) is 0.746. The Morgan fingerprint density at radius 3 is 2.60 bits per heavy atom. The molecule has 0 bridgehead atoms. The Labute approximate surface area is 120 Å². The van der Waals surface area contributed by atoms with E-state index < -0.39 is 5.97 Å². The van der Waals surface area contributed by atoms with Crippen molar-refractivity contribution in [2.45, 2.75) is 52.1 Å². The summed E-state index contributed by atoms with van der Waals surface area (Å²) in [7, 11) is 0. The predicted octanol–water partition coefficient (Wildman–Crippen LogP) is 1.70. The van der Waals surface area contributed by atoms with Crippen LogP contribution in [-0.4, -0.2) is 53.8 Å². The van der Waals surface area contributed by atoms with Gasteiger partial charge in [0.25, 0.3) is 0 Å². The zero-order chi connectivity index (χ0) is 15.1. The first kappa shape index (κ1) is 16.8. The van der Waals surface area contributed by atoms with Gasteiger partial charge >= 0.3 is 12.0 Å². The SMILES string of the molecule is CC(NC(=O)N(CCCC(=O)O)C(C)C)C1CCOC1. The summed E-state index contributed by atoms with van der Waals surface area (Å²) in [6, 6.07) is 0.00587. The van der Waals surface area contributed by atoms with E-state index in [-0.39, 0.29) is 24.5 Å². The highest BCUT2D eigenvalue weighted by Gasteiger charge is 2.26. The number of ether oxygens (including phenoxy) is 1. The van der Waals surface area contributed by atoms with Crippen molar-refractivity contribution in [3.63, 3.8) is 0 Å². The molecule has 6 heteroatoms. The van der Waals surface area contributed by atoms with E-state index in [2.05, 4.69) is 5.32 Å². The van der Waals surface area contributed by atoms with E-state index in [1.165, 1.54) is 0 Å². The number of rotatable bonds is 7. The second-order valence-electron chi connectivity index (χ2n) is 5.65. The Balaban J connectivity index is 2.44. The number of carbonyl (C=O) groups is 2. The van der Waals surface area contributed by atoms with Gasteiger partial charge in [-0.1, -0.05) is 0 Å². The van der Waals surface area contributed by atoms with E-state index in [1.54, 1.807) is 4.90 Å². The number of aliphatic carboxylic acids is 1. The predicted molar refractivity (Wildman–Crippen MR) is 75.6 cm³/mol. The van der Waals surface area contributed by atoms with Crippen LogP contribution in [0.2, 0.25) is 0 Å². The van der Waals surface area contributed by atoms with Crippen molar-refractivity contribution >= 4 is 12.0 Å². The monoisotopic (exact) mass is 286 g/mol. The van der Waals surface area contributed by atoms with Gasteiger partial charge in [0.15, 0.2) is 0 Å². The molecule has 2 unspecified atom stereocenters. The fourth-order valence-corrected chi connectivity index (χ4v) is 2.34. The van der Waals surface area contributed by atoms with Crippen LogP contribution >= 0.6 is 0 Å². The third kappa shape index (κ3) is 5.36. The van der Waals surface area contributed by atoms with Crippen molar-refractivity contribution in [2.24, 2.45) is 5.92 Å². The standard InChI is InChI=1S/C14H26N2O4/c1-10(2)16(7-4-5-13(17)18)14(19)15-11(3)12-6-8-20-9-12/h10-12H,4-9H2,1-3H3,(H,15,19)(H,17,18). The molecule has 1 rings (SSSR count). The van der Waals surface area contributed by atoms with Crippen LogP contribution in [0.1, 0.15) is 40.0 Å². The van der Waals surface area contributed by atoms with Crippen molar-refractivity contribution in [1.29, 1.82) is 0 Å². The topological polar surface area (TPSA) is 78.9 Å². The summed E-state index contributed by atoms with van der Waals surface area (Å²) >= 11 is 0. The maximum absolute atomic E-state index is 12.3. The molecule has 2 N–H and O–H groups in total. The first-order chi connectivity index (χ1) is 9.41. The van der Waals surface area contributed by atoms with Crippen molar-refractivity contribution < 1.29 is 19.4 Å². The molecule has 1 saturated heterocycles. The molecule has 1 aliphatic rings. The number of urea groups is 1. The van der Waals surface area contributed by atoms with Gasteiger partial charge in [-0.3, -0.25) is 4.79 Å². The van der Waals surface area contributed by atoms with Gasteiger partial charge < -0.3 is 20.1 Å². The number of nitrogens with zero attached hydrogens (tertiary/aromatic N) is 1. The molecule has 6 nitrogen and oxygen atoms in total. The number of hydrogen-bond acceptors (Lipinski definition) is 3. The average Bonchev–Trinajstić information content (AvgIpc) is 2.87. The minimum absolute atomic E-state index is 0.0517. The highest BCUT2D eigenvalue weighted by Crippen LogP contribution is 2.16. The highest BCUT2D eigenvalue weighted by atomic mass is 16.5. The second kappa shape index (κ2) is 8.09. The molecule has 1 fully saturated rings. The first-order valence-corrected chi connectivity index (χ1v) is 7.28. The lowest BCUT2D eigenvalue weighted by atomic mass is 10.0. The number of amides is 2. The molecule has 0 radical (unpaired) electrons. The van der Waals surface area contributed by atoms with Crippen molar-refractivity contribution in [3.05, 3.63) is 0 Å². The summed E-state index contributed by atoms with van der Waals surface area (Å²) in [5, 5.41) is 11.7. The summed E-state index contributed by atoms with van der Waals surface area (Å²) in [4.78, 5) is 24.5. The van der Waals surface area contributed by atoms with Crippen molar-refractivity contribution in [1.82, 2.24) is 10.2 Å². The van der Waals surface area contributed by atoms with Crippen molar-refractivity contribution in [2.75, 3.05) is 19.8 Å². The largest absolute Gasteiger partial charge is 0.481 e. The molecule has 1 aliphatic heterocycles. The van der Waals surface area contributed by atoms with Gasteiger partial charge in [-0.05, 0) is 33.6 Å². The number of carboxylic acid groups (broad SMARTS) is 1. The molecule has 116 valence electrons. The lowest BCUT2D eigenvalue weighted by Gasteiger charge is -2.29. The van der Waals surface area contributed by atoms with Crippen LogP contribution in [0, 0.1) is 5.92 Å². The summed E-state index contributed by atoms with van der Waals surface area (Å²) in [6.45, 7) is 7.78. The summed E-state index contributed by atoms with van der Waals surface area (Å²) in [5.74, 6) is -0.461. The van der Waals surface area contributed by atoms with Gasteiger partial charge in [0, 0.05) is 37.6 Å². The Morgan fingerprint density at radius 2 is 2.10 bits per heavy atom. The Kier molecular flexibility index (Phi) is 6.78. The maximum Gasteiger partial charge on any atom is 0.317 e. The molecule has 0 aromatic carbocycles. The lowest BCUT2D eigenvalue weighted by molar-refractivity contribution is -0.137. The van der Waals surface area contributed by atoms with Crippen LogP contribution in [-0.2, 0) is 9.53 Å². The lowest BCUT2D eigenvalue weighted by Crippen LogP contribution is -2.49. The molecule has 0 aromatic rings. The molecule has 1 heterocycles. The summed E-state index contributed by atoms with van der Waals surface area (Å²) in [5.41, 5.74) is 0. The molecule has 2 atom stereocenters.